The number of anilines is 1. The van der Waals surface area contributed by atoms with Crippen LogP contribution in [0, 0.1) is 5.82 Å². The normalized spacial score (nSPS) is 10.3. The first-order valence-corrected chi connectivity index (χ1v) is 8.05. The molecule has 0 atom stereocenters. The van der Waals surface area contributed by atoms with Gasteiger partial charge < -0.3 is 15.1 Å². The van der Waals surface area contributed by atoms with Gasteiger partial charge in [0.1, 0.15) is 5.82 Å². The van der Waals surface area contributed by atoms with E-state index in [2.05, 4.69) is 10.6 Å². The minimum Gasteiger partial charge on any atom is -0.459 e. The summed E-state index contributed by atoms with van der Waals surface area (Å²) in [6, 6.07) is 16.3. The van der Waals surface area contributed by atoms with Crippen LogP contribution in [0.1, 0.15) is 21.7 Å². The number of nitrogens with one attached hydrogen (secondary N) is 2. The van der Waals surface area contributed by atoms with Crippen LogP contribution in [-0.4, -0.2) is 11.8 Å². The molecule has 0 aliphatic carbocycles. The van der Waals surface area contributed by atoms with Crippen LogP contribution in [0.3, 0.4) is 0 Å². The molecule has 0 saturated heterocycles. The fraction of sp³-hybridized carbons (Fsp3) is 0.100. The Balaban J connectivity index is 1.55. The lowest BCUT2D eigenvalue weighted by Gasteiger charge is -2.08. The van der Waals surface area contributed by atoms with Gasteiger partial charge in [-0.15, -0.1) is 0 Å². The third-order valence-corrected chi connectivity index (χ3v) is 3.67. The predicted octanol–water partition coefficient (Wildman–Crippen LogP) is 3.53. The molecule has 3 rings (SSSR count). The third-order valence-electron chi connectivity index (χ3n) is 3.67. The molecule has 0 bridgehead atoms. The Kier molecular flexibility index (Phi) is 5.43. The van der Waals surface area contributed by atoms with E-state index in [1.165, 1.54) is 18.4 Å². The lowest BCUT2D eigenvalue weighted by molar-refractivity contribution is -0.120. The molecule has 1 heterocycles. The first-order chi connectivity index (χ1) is 12.6. The number of benzene rings is 2. The third kappa shape index (κ3) is 4.80. The van der Waals surface area contributed by atoms with Gasteiger partial charge in [0.05, 0.1) is 12.7 Å². The van der Waals surface area contributed by atoms with E-state index in [4.69, 9.17) is 4.42 Å². The number of hydrogen-bond acceptors (Lipinski definition) is 3. The zero-order valence-electron chi connectivity index (χ0n) is 13.9. The van der Waals surface area contributed by atoms with Crippen LogP contribution in [0.4, 0.5) is 10.1 Å². The Bertz CT molecular complexity index is 907. The van der Waals surface area contributed by atoms with Gasteiger partial charge in [0.15, 0.2) is 5.76 Å². The molecule has 0 radical (unpaired) electrons. The van der Waals surface area contributed by atoms with E-state index >= 15 is 0 Å². The lowest BCUT2D eigenvalue weighted by Crippen LogP contribution is -2.24. The molecule has 2 N–H and O–H groups in total. The van der Waals surface area contributed by atoms with Crippen LogP contribution in [0.5, 0.6) is 0 Å². The van der Waals surface area contributed by atoms with E-state index in [0.717, 1.165) is 5.56 Å². The second-order valence-electron chi connectivity index (χ2n) is 5.72. The fourth-order valence-electron chi connectivity index (χ4n) is 2.45. The number of halogens is 1. The number of amides is 2. The molecule has 0 aliphatic rings. The Morgan fingerprint density at radius 2 is 1.77 bits per heavy atom. The predicted molar refractivity (Wildman–Crippen MR) is 95.1 cm³/mol. The largest absolute Gasteiger partial charge is 0.459 e. The van der Waals surface area contributed by atoms with Crippen molar-refractivity contribution in [1.82, 2.24) is 5.32 Å². The van der Waals surface area contributed by atoms with E-state index in [-0.39, 0.29) is 29.8 Å². The number of furan rings is 1. The molecule has 1 aromatic heterocycles. The Morgan fingerprint density at radius 3 is 2.54 bits per heavy atom. The summed E-state index contributed by atoms with van der Waals surface area (Å²) >= 11 is 0. The SMILES string of the molecule is O=C(Cc1cccc(F)c1)NCc1cccc(NC(=O)c2ccco2)c1. The number of rotatable bonds is 6. The average Bonchev–Trinajstić information content (AvgIpc) is 3.15. The second-order valence-corrected chi connectivity index (χ2v) is 5.72. The standard InChI is InChI=1S/C20H17FN2O3/c21-16-6-1-4-14(10-16)12-19(24)22-13-15-5-2-7-17(11-15)23-20(25)18-8-3-9-26-18/h1-11H,12-13H2,(H,22,24)(H,23,25). The molecule has 3 aromatic rings. The van der Waals surface area contributed by atoms with Crippen LogP contribution < -0.4 is 10.6 Å². The summed E-state index contributed by atoms with van der Waals surface area (Å²) in [6.07, 6.45) is 1.53. The van der Waals surface area contributed by atoms with Crippen molar-refractivity contribution in [1.29, 1.82) is 0 Å². The molecule has 26 heavy (non-hydrogen) atoms. The molecule has 6 heteroatoms. The molecule has 0 unspecified atom stereocenters. The Morgan fingerprint density at radius 1 is 0.962 bits per heavy atom. The van der Waals surface area contributed by atoms with E-state index in [0.29, 0.717) is 17.8 Å². The topological polar surface area (TPSA) is 71.3 Å². The Labute approximate surface area is 149 Å². The van der Waals surface area contributed by atoms with Crippen LogP contribution in [0.25, 0.3) is 0 Å². The maximum absolute atomic E-state index is 13.1. The molecule has 2 amide bonds. The summed E-state index contributed by atoms with van der Waals surface area (Å²) in [6.45, 7) is 0.304. The van der Waals surface area contributed by atoms with Crippen molar-refractivity contribution in [2.75, 3.05) is 5.32 Å². The number of carbonyl (C=O) groups excluding carboxylic acids is 2. The van der Waals surface area contributed by atoms with Crippen molar-refractivity contribution >= 4 is 17.5 Å². The summed E-state index contributed by atoms with van der Waals surface area (Å²) in [5.41, 5.74) is 2.04. The second kappa shape index (κ2) is 8.11. The van der Waals surface area contributed by atoms with Gasteiger partial charge in [0, 0.05) is 12.2 Å². The molecular formula is C20H17FN2O3. The lowest BCUT2D eigenvalue weighted by atomic mass is 10.1. The van der Waals surface area contributed by atoms with Gasteiger partial charge in [-0.3, -0.25) is 9.59 Å². The first-order valence-electron chi connectivity index (χ1n) is 8.05. The molecule has 5 nitrogen and oxygen atoms in total. The summed E-state index contributed by atoms with van der Waals surface area (Å²) < 4.78 is 18.2. The smallest absolute Gasteiger partial charge is 0.291 e. The van der Waals surface area contributed by atoms with Crippen molar-refractivity contribution in [2.24, 2.45) is 0 Å². The minimum atomic E-state index is -0.365. The maximum atomic E-state index is 13.1. The quantitative estimate of drug-likeness (QED) is 0.713. The number of hydrogen-bond donors (Lipinski definition) is 2. The van der Waals surface area contributed by atoms with Gasteiger partial charge in [-0.2, -0.15) is 0 Å². The van der Waals surface area contributed by atoms with Crippen LogP contribution >= 0.6 is 0 Å². The Hall–Kier alpha value is -3.41. The maximum Gasteiger partial charge on any atom is 0.291 e. The van der Waals surface area contributed by atoms with Crippen molar-refractivity contribution in [3.63, 3.8) is 0 Å². The monoisotopic (exact) mass is 352 g/mol. The highest BCUT2D eigenvalue weighted by Crippen LogP contribution is 2.13. The molecule has 132 valence electrons. The zero-order chi connectivity index (χ0) is 18.4. The summed E-state index contributed by atoms with van der Waals surface area (Å²) in [4.78, 5) is 24.0. The number of carbonyl (C=O) groups is 2. The highest BCUT2D eigenvalue weighted by Gasteiger charge is 2.09. The molecule has 0 aliphatic heterocycles. The first kappa shape index (κ1) is 17.4. The van der Waals surface area contributed by atoms with Gasteiger partial charge in [0.2, 0.25) is 5.91 Å². The molecule has 2 aromatic carbocycles. The van der Waals surface area contributed by atoms with Gasteiger partial charge in [0.25, 0.3) is 5.91 Å². The highest BCUT2D eigenvalue weighted by atomic mass is 19.1. The summed E-state index contributed by atoms with van der Waals surface area (Å²) in [5, 5.41) is 5.51. The van der Waals surface area contributed by atoms with Crippen molar-refractivity contribution < 1.29 is 18.4 Å². The molecular weight excluding hydrogens is 335 g/mol. The van der Waals surface area contributed by atoms with Gasteiger partial charge in [-0.1, -0.05) is 24.3 Å². The van der Waals surface area contributed by atoms with Crippen LogP contribution in [0.2, 0.25) is 0 Å². The summed E-state index contributed by atoms with van der Waals surface area (Å²) in [7, 11) is 0. The molecule has 0 fully saturated rings. The zero-order valence-corrected chi connectivity index (χ0v) is 13.9. The summed E-state index contributed by atoms with van der Waals surface area (Å²) in [5.74, 6) is -0.697. The van der Waals surface area contributed by atoms with Gasteiger partial charge in [-0.05, 0) is 47.5 Å². The molecule has 0 saturated carbocycles. The minimum absolute atomic E-state index is 0.104. The van der Waals surface area contributed by atoms with Gasteiger partial charge >= 0.3 is 0 Å². The highest BCUT2D eigenvalue weighted by molar-refractivity contribution is 6.02. The van der Waals surface area contributed by atoms with Crippen molar-refractivity contribution in [2.45, 2.75) is 13.0 Å². The van der Waals surface area contributed by atoms with E-state index in [1.807, 2.05) is 6.07 Å². The van der Waals surface area contributed by atoms with Gasteiger partial charge in [-0.25, -0.2) is 4.39 Å². The average molecular weight is 352 g/mol. The van der Waals surface area contributed by atoms with E-state index < -0.39 is 0 Å². The van der Waals surface area contributed by atoms with Crippen LogP contribution in [0.15, 0.2) is 71.3 Å². The van der Waals surface area contributed by atoms with E-state index in [9.17, 15) is 14.0 Å². The van der Waals surface area contributed by atoms with Crippen molar-refractivity contribution in [3.05, 3.63) is 89.6 Å². The van der Waals surface area contributed by atoms with E-state index in [1.54, 1.807) is 42.5 Å². The fourth-order valence-corrected chi connectivity index (χ4v) is 2.45. The van der Waals surface area contributed by atoms with Crippen LogP contribution in [-0.2, 0) is 17.8 Å². The molecule has 0 spiro atoms. The van der Waals surface area contributed by atoms with Crippen molar-refractivity contribution in [3.8, 4) is 0 Å².